The van der Waals surface area contributed by atoms with Gasteiger partial charge in [-0.3, -0.25) is 4.79 Å². The monoisotopic (exact) mass is 390 g/mol. The third-order valence-corrected chi connectivity index (χ3v) is 5.39. The minimum atomic E-state index is -1.32. The summed E-state index contributed by atoms with van der Waals surface area (Å²) in [7, 11) is 1.52. The first kappa shape index (κ1) is 20.8. The molecule has 1 unspecified atom stereocenters. The maximum absolute atomic E-state index is 11.7. The Kier molecular flexibility index (Phi) is 6.08. The van der Waals surface area contributed by atoms with E-state index in [1.165, 1.54) is 14.0 Å². The summed E-state index contributed by atoms with van der Waals surface area (Å²) in [6.45, 7) is 3.21. The lowest BCUT2D eigenvalue weighted by Gasteiger charge is -2.49. The van der Waals surface area contributed by atoms with Crippen LogP contribution in [-0.2, 0) is 35.1 Å². The lowest BCUT2D eigenvalue weighted by atomic mass is 9.71. The molecule has 7 nitrogen and oxygen atoms in total. The highest BCUT2D eigenvalue weighted by Crippen LogP contribution is 2.51. The molecule has 1 N–H and O–H groups in total. The number of carbonyl (C=O) groups excluding carboxylic acids is 1. The van der Waals surface area contributed by atoms with E-state index in [-0.39, 0.29) is 13.0 Å². The van der Waals surface area contributed by atoms with Gasteiger partial charge in [-0.2, -0.15) is 0 Å². The Bertz CT molecular complexity index is 730. The quantitative estimate of drug-likeness (QED) is 0.587. The maximum atomic E-state index is 11.7. The molecular weight excluding hydrogens is 364 g/mol. The van der Waals surface area contributed by atoms with E-state index >= 15 is 0 Å². The number of terminal acetylenes is 1. The fourth-order valence-electron chi connectivity index (χ4n) is 4.06. The molecule has 2 fully saturated rings. The first-order chi connectivity index (χ1) is 13.3. The van der Waals surface area contributed by atoms with Gasteiger partial charge < -0.3 is 28.8 Å². The van der Waals surface area contributed by atoms with Crippen LogP contribution in [-0.4, -0.2) is 48.3 Å². The van der Waals surface area contributed by atoms with Gasteiger partial charge in [0.05, 0.1) is 6.61 Å². The first-order valence-corrected chi connectivity index (χ1v) is 9.20. The van der Waals surface area contributed by atoms with Crippen LogP contribution in [0.4, 0.5) is 0 Å². The number of hydrogen-bond donors (Lipinski definition) is 1. The van der Waals surface area contributed by atoms with E-state index in [2.05, 4.69) is 5.92 Å². The van der Waals surface area contributed by atoms with Crippen molar-refractivity contribution in [2.45, 2.75) is 63.4 Å². The molecule has 0 spiro atoms. The SMILES string of the molecule is C#CC(C)(OC(C)=O)[C@H]1C[C@@H](O)O[C@@H]2O[C@H](OC)C[C@@]21OCc1ccccc1. The Morgan fingerprint density at radius 1 is 1.39 bits per heavy atom. The number of fused-ring (bicyclic) bond motifs is 1. The van der Waals surface area contributed by atoms with E-state index < -0.39 is 42.0 Å². The zero-order valence-corrected chi connectivity index (χ0v) is 16.3. The van der Waals surface area contributed by atoms with Gasteiger partial charge >= 0.3 is 5.97 Å². The number of carbonyl (C=O) groups is 1. The van der Waals surface area contributed by atoms with Gasteiger partial charge in [-0.15, -0.1) is 6.42 Å². The molecule has 2 aliphatic heterocycles. The van der Waals surface area contributed by atoms with E-state index in [4.69, 9.17) is 30.1 Å². The Hall–Kier alpha value is -1.95. The fraction of sp³-hybridized carbons (Fsp3) is 0.571. The predicted octanol–water partition coefficient (Wildman–Crippen LogP) is 1.97. The van der Waals surface area contributed by atoms with Crippen molar-refractivity contribution in [3.05, 3.63) is 35.9 Å². The van der Waals surface area contributed by atoms with Gasteiger partial charge in [0.25, 0.3) is 0 Å². The summed E-state index contributed by atoms with van der Waals surface area (Å²) in [5.74, 6) is 1.49. The third-order valence-electron chi connectivity index (χ3n) is 5.39. The summed E-state index contributed by atoms with van der Waals surface area (Å²) >= 11 is 0. The molecule has 0 amide bonds. The average Bonchev–Trinajstić information content (AvgIpc) is 3.04. The van der Waals surface area contributed by atoms with Crippen LogP contribution in [0, 0.1) is 18.3 Å². The van der Waals surface area contributed by atoms with Crippen LogP contribution in [0.3, 0.4) is 0 Å². The number of esters is 1. The van der Waals surface area contributed by atoms with Crippen LogP contribution in [0.2, 0.25) is 0 Å². The lowest BCUT2D eigenvalue weighted by Crippen LogP contribution is -2.62. The maximum Gasteiger partial charge on any atom is 0.304 e. The zero-order chi connectivity index (χ0) is 20.4. The molecule has 1 aromatic rings. The smallest absolute Gasteiger partial charge is 0.304 e. The van der Waals surface area contributed by atoms with Crippen molar-refractivity contribution < 1.29 is 33.6 Å². The van der Waals surface area contributed by atoms with Crippen LogP contribution in [0.5, 0.6) is 0 Å². The van der Waals surface area contributed by atoms with Crippen molar-refractivity contribution >= 4 is 5.97 Å². The van der Waals surface area contributed by atoms with Crippen LogP contribution < -0.4 is 0 Å². The van der Waals surface area contributed by atoms with Crippen LogP contribution in [0.25, 0.3) is 0 Å². The van der Waals surface area contributed by atoms with Crippen molar-refractivity contribution in [3.63, 3.8) is 0 Å². The summed E-state index contributed by atoms with van der Waals surface area (Å²) in [5.41, 5.74) is -1.43. The van der Waals surface area contributed by atoms with Crippen LogP contribution >= 0.6 is 0 Å². The van der Waals surface area contributed by atoms with Gasteiger partial charge in [0.15, 0.2) is 24.5 Å². The van der Waals surface area contributed by atoms with Crippen molar-refractivity contribution in [1.29, 1.82) is 0 Å². The highest BCUT2D eigenvalue weighted by Gasteiger charge is 2.64. The Morgan fingerprint density at radius 3 is 2.71 bits per heavy atom. The number of benzene rings is 1. The molecule has 2 aliphatic rings. The summed E-state index contributed by atoms with van der Waals surface area (Å²) in [5, 5.41) is 10.3. The first-order valence-electron chi connectivity index (χ1n) is 9.20. The molecule has 0 aliphatic carbocycles. The molecule has 0 saturated carbocycles. The van der Waals surface area contributed by atoms with Gasteiger partial charge in [0.1, 0.15) is 5.60 Å². The number of rotatable bonds is 6. The lowest BCUT2D eigenvalue weighted by molar-refractivity contribution is -0.340. The summed E-state index contributed by atoms with van der Waals surface area (Å²) in [6, 6.07) is 9.63. The Morgan fingerprint density at radius 2 is 2.11 bits per heavy atom. The van der Waals surface area contributed by atoms with E-state index in [1.807, 2.05) is 30.3 Å². The van der Waals surface area contributed by atoms with Gasteiger partial charge in [-0.05, 0) is 12.5 Å². The molecular formula is C21H26O7. The molecule has 2 heterocycles. The van der Waals surface area contributed by atoms with Crippen LogP contribution in [0.15, 0.2) is 30.3 Å². The van der Waals surface area contributed by atoms with Crippen molar-refractivity contribution in [2.75, 3.05) is 7.11 Å². The summed E-state index contributed by atoms with van der Waals surface area (Å²) in [6.07, 6.45) is 3.55. The van der Waals surface area contributed by atoms with E-state index in [9.17, 15) is 9.90 Å². The number of aliphatic hydroxyl groups is 1. The zero-order valence-electron chi connectivity index (χ0n) is 16.3. The molecule has 7 heteroatoms. The Balaban J connectivity index is 1.98. The minimum absolute atomic E-state index is 0.124. The topological polar surface area (TPSA) is 83.5 Å². The second-order valence-electron chi connectivity index (χ2n) is 7.29. The molecule has 2 saturated heterocycles. The standard InChI is InChI=1S/C21H26O7/c1-5-20(3,28-14(2)22)16-11-17(23)26-19-21(16,12-18(24-4)27-19)25-13-15-9-7-6-8-10-15/h1,6-10,16-19,23H,11-13H2,2-4H3/t16-,17+,18+,19-,20?,21+/m1/s1. The van der Waals surface area contributed by atoms with Gasteiger partial charge in [-0.25, -0.2) is 0 Å². The van der Waals surface area contributed by atoms with E-state index in [1.54, 1.807) is 6.92 Å². The number of hydrogen-bond acceptors (Lipinski definition) is 7. The average molecular weight is 390 g/mol. The molecule has 152 valence electrons. The fourth-order valence-corrected chi connectivity index (χ4v) is 4.06. The van der Waals surface area contributed by atoms with Crippen LogP contribution in [0.1, 0.15) is 32.3 Å². The van der Waals surface area contributed by atoms with Gasteiger partial charge in [-0.1, -0.05) is 36.3 Å². The van der Waals surface area contributed by atoms with E-state index in [0.29, 0.717) is 6.42 Å². The van der Waals surface area contributed by atoms with Crippen molar-refractivity contribution in [1.82, 2.24) is 0 Å². The minimum Gasteiger partial charge on any atom is -0.446 e. The molecule has 28 heavy (non-hydrogen) atoms. The highest BCUT2D eigenvalue weighted by atomic mass is 16.8. The van der Waals surface area contributed by atoms with Crippen molar-refractivity contribution in [2.24, 2.45) is 5.92 Å². The van der Waals surface area contributed by atoms with Gasteiger partial charge in [0.2, 0.25) is 0 Å². The largest absolute Gasteiger partial charge is 0.446 e. The molecule has 0 aromatic heterocycles. The number of ether oxygens (including phenoxy) is 5. The molecule has 1 aromatic carbocycles. The van der Waals surface area contributed by atoms with E-state index in [0.717, 1.165) is 5.56 Å². The number of aliphatic hydroxyl groups excluding tert-OH is 1. The Labute approximate surface area is 164 Å². The normalized spacial score (nSPS) is 34.1. The second-order valence-corrected chi connectivity index (χ2v) is 7.29. The molecule has 0 radical (unpaired) electrons. The molecule has 3 rings (SSSR count). The molecule has 0 bridgehead atoms. The predicted molar refractivity (Wildman–Crippen MR) is 98.5 cm³/mol. The summed E-state index contributed by atoms with van der Waals surface area (Å²) in [4.78, 5) is 11.7. The van der Waals surface area contributed by atoms with Gasteiger partial charge in [0, 0.05) is 32.8 Å². The summed E-state index contributed by atoms with van der Waals surface area (Å²) < 4.78 is 28.7. The third kappa shape index (κ3) is 3.93. The van der Waals surface area contributed by atoms with Crippen molar-refractivity contribution in [3.8, 4) is 12.3 Å². The molecule has 6 atom stereocenters. The highest BCUT2D eigenvalue weighted by molar-refractivity contribution is 5.67. The number of methoxy groups -OCH3 is 1. The second kappa shape index (κ2) is 8.19.